The number of rotatable bonds is 4. The molecule has 0 aliphatic heterocycles. The lowest BCUT2D eigenvalue weighted by molar-refractivity contribution is 0.187. The van der Waals surface area contributed by atoms with Crippen LogP contribution >= 0.6 is 0 Å². The predicted molar refractivity (Wildman–Crippen MR) is 60.9 cm³/mol. The van der Waals surface area contributed by atoms with Crippen molar-refractivity contribution in [3.05, 3.63) is 0 Å². The highest BCUT2D eigenvalue weighted by Crippen LogP contribution is 2.33. The van der Waals surface area contributed by atoms with Gasteiger partial charge in [0.1, 0.15) is 0 Å². The van der Waals surface area contributed by atoms with E-state index in [1.165, 1.54) is 32.1 Å². The largest absolute Gasteiger partial charge is 0.329 e. The normalized spacial score (nSPS) is 32.5. The second-order valence-electron chi connectivity index (χ2n) is 4.41. The Kier molecular flexibility index (Phi) is 4.44. The van der Waals surface area contributed by atoms with E-state index in [0.717, 1.165) is 5.92 Å². The van der Waals surface area contributed by atoms with E-state index in [1.807, 2.05) is 0 Å². The van der Waals surface area contributed by atoms with Crippen molar-refractivity contribution in [2.45, 2.75) is 44.6 Å². The van der Waals surface area contributed by atoms with Crippen LogP contribution < -0.4 is 11.1 Å². The van der Waals surface area contributed by atoms with Crippen LogP contribution in [0.2, 0.25) is 0 Å². The third-order valence-corrected chi connectivity index (χ3v) is 3.48. The van der Waals surface area contributed by atoms with Gasteiger partial charge in [-0.15, -0.1) is 6.42 Å². The molecule has 1 rings (SSSR count). The third kappa shape index (κ3) is 2.73. The van der Waals surface area contributed by atoms with E-state index in [2.05, 4.69) is 18.2 Å². The maximum atomic E-state index is 5.86. The Morgan fingerprint density at radius 3 is 3.00 bits per heavy atom. The second kappa shape index (κ2) is 5.38. The Morgan fingerprint density at radius 1 is 1.64 bits per heavy atom. The molecule has 1 saturated carbocycles. The lowest BCUT2D eigenvalue weighted by atomic mass is 9.74. The molecule has 0 aromatic rings. The van der Waals surface area contributed by atoms with E-state index in [4.69, 9.17) is 12.2 Å². The molecule has 0 aromatic heterocycles. The summed E-state index contributed by atoms with van der Waals surface area (Å²) >= 11 is 0. The van der Waals surface area contributed by atoms with Crippen LogP contribution in [-0.2, 0) is 0 Å². The SMILES string of the molecule is C#CCNC1(CN)CCCC(CC)C1. The van der Waals surface area contributed by atoms with Crippen LogP contribution in [0.1, 0.15) is 39.0 Å². The Morgan fingerprint density at radius 2 is 2.43 bits per heavy atom. The van der Waals surface area contributed by atoms with Crippen LogP contribution in [0, 0.1) is 18.3 Å². The topological polar surface area (TPSA) is 38.0 Å². The molecule has 1 aliphatic rings. The monoisotopic (exact) mass is 194 g/mol. The van der Waals surface area contributed by atoms with Gasteiger partial charge in [-0.1, -0.05) is 32.1 Å². The Hall–Kier alpha value is -0.520. The molecule has 14 heavy (non-hydrogen) atoms. The van der Waals surface area contributed by atoms with Gasteiger partial charge in [0.05, 0.1) is 6.54 Å². The summed E-state index contributed by atoms with van der Waals surface area (Å²) in [6.07, 6.45) is 11.6. The summed E-state index contributed by atoms with van der Waals surface area (Å²) in [6, 6.07) is 0. The minimum Gasteiger partial charge on any atom is -0.329 e. The molecule has 2 nitrogen and oxygen atoms in total. The van der Waals surface area contributed by atoms with Gasteiger partial charge in [0, 0.05) is 12.1 Å². The van der Waals surface area contributed by atoms with Gasteiger partial charge in [-0.2, -0.15) is 0 Å². The summed E-state index contributed by atoms with van der Waals surface area (Å²) in [5.41, 5.74) is 6.00. The molecule has 0 aromatic carbocycles. The molecule has 1 aliphatic carbocycles. The van der Waals surface area contributed by atoms with E-state index < -0.39 is 0 Å². The summed E-state index contributed by atoms with van der Waals surface area (Å²) < 4.78 is 0. The molecule has 0 radical (unpaired) electrons. The summed E-state index contributed by atoms with van der Waals surface area (Å²) in [4.78, 5) is 0. The highest BCUT2D eigenvalue weighted by Gasteiger charge is 2.33. The lowest BCUT2D eigenvalue weighted by Crippen LogP contribution is -2.54. The highest BCUT2D eigenvalue weighted by molar-refractivity contribution is 4.98. The summed E-state index contributed by atoms with van der Waals surface area (Å²) in [6.45, 7) is 3.62. The van der Waals surface area contributed by atoms with Crippen LogP contribution in [0.5, 0.6) is 0 Å². The second-order valence-corrected chi connectivity index (χ2v) is 4.41. The average molecular weight is 194 g/mol. The summed E-state index contributed by atoms with van der Waals surface area (Å²) in [7, 11) is 0. The van der Waals surface area contributed by atoms with E-state index in [9.17, 15) is 0 Å². The van der Waals surface area contributed by atoms with Gasteiger partial charge in [-0.3, -0.25) is 5.32 Å². The van der Waals surface area contributed by atoms with Crippen LogP contribution in [0.3, 0.4) is 0 Å². The predicted octanol–water partition coefficient (Wildman–Crippen LogP) is 1.51. The van der Waals surface area contributed by atoms with Crippen molar-refractivity contribution in [2.24, 2.45) is 11.7 Å². The molecule has 1 fully saturated rings. The zero-order chi connectivity index (χ0) is 10.4. The van der Waals surface area contributed by atoms with Crippen molar-refractivity contribution in [3.63, 3.8) is 0 Å². The number of hydrogen-bond acceptors (Lipinski definition) is 2. The number of terminal acetylenes is 1. The maximum absolute atomic E-state index is 5.86. The number of nitrogens with two attached hydrogens (primary N) is 1. The molecule has 0 heterocycles. The molecule has 80 valence electrons. The maximum Gasteiger partial charge on any atom is 0.0578 e. The van der Waals surface area contributed by atoms with Gasteiger partial charge < -0.3 is 5.73 Å². The van der Waals surface area contributed by atoms with Gasteiger partial charge >= 0.3 is 0 Å². The molecular weight excluding hydrogens is 172 g/mol. The van der Waals surface area contributed by atoms with Crippen molar-refractivity contribution < 1.29 is 0 Å². The van der Waals surface area contributed by atoms with Gasteiger partial charge in [0.25, 0.3) is 0 Å². The van der Waals surface area contributed by atoms with E-state index in [-0.39, 0.29) is 5.54 Å². The molecule has 2 atom stereocenters. The highest BCUT2D eigenvalue weighted by atomic mass is 15.0. The zero-order valence-electron chi connectivity index (χ0n) is 9.18. The standard InChI is InChI=1S/C12H22N2/c1-3-8-14-12(10-13)7-5-6-11(4-2)9-12/h1,11,14H,4-10,13H2,2H3. The first kappa shape index (κ1) is 11.6. The van der Waals surface area contributed by atoms with Gasteiger partial charge in [0.2, 0.25) is 0 Å². The first-order chi connectivity index (χ1) is 6.76. The van der Waals surface area contributed by atoms with Gasteiger partial charge in [0.15, 0.2) is 0 Å². The van der Waals surface area contributed by atoms with Crippen LogP contribution in [0.25, 0.3) is 0 Å². The third-order valence-electron chi connectivity index (χ3n) is 3.48. The minimum atomic E-state index is 0.130. The molecule has 2 heteroatoms. The van der Waals surface area contributed by atoms with Gasteiger partial charge in [-0.05, 0) is 18.8 Å². The van der Waals surface area contributed by atoms with Crippen molar-refractivity contribution >= 4 is 0 Å². The fourth-order valence-corrected chi connectivity index (χ4v) is 2.49. The van der Waals surface area contributed by atoms with Crippen molar-refractivity contribution in [3.8, 4) is 12.3 Å². The van der Waals surface area contributed by atoms with E-state index in [1.54, 1.807) is 0 Å². The van der Waals surface area contributed by atoms with Crippen molar-refractivity contribution in [2.75, 3.05) is 13.1 Å². The summed E-state index contributed by atoms with van der Waals surface area (Å²) in [5.74, 6) is 3.47. The minimum absolute atomic E-state index is 0.130. The number of nitrogens with one attached hydrogen (secondary N) is 1. The van der Waals surface area contributed by atoms with E-state index >= 15 is 0 Å². The van der Waals surface area contributed by atoms with Crippen molar-refractivity contribution in [1.29, 1.82) is 0 Å². The van der Waals surface area contributed by atoms with Crippen LogP contribution in [0.15, 0.2) is 0 Å². The summed E-state index contributed by atoms with van der Waals surface area (Å²) in [5, 5.41) is 3.44. The molecule has 2 unspecified atom stereocenters. The van der Waals surface area contributed by atoms with Crippen LogP contribution in [-0.4, -0.2) is 18.6 Å². The first-order valence-electron chi connectivity index (χ1n) is 5.65. The molecule has 3 N–H and O–H groups in total. The Balaban J connectivity index is 2.54. The quantitative estimate of drug-likeness (QED) is 0.666. The molecule has 0 amide bonds. The molecular formula is C12H22N2. The van der Waals surface area contributed by atoms with Crippen molar-refractivity contribution in [1.82, 2.24) is 5.32 Å². The smallest absolute Gasteiger partial charge is 0.0578 e. The number of hydrogen-bond donors (Lipinski definition) is 2. The van der Waals surface area contributed by atoms with E-state index in [0.29, 0.717) is 13.1 Å². The Labute approximate surface area is 87.6 Å². The molecule has 0 saturated heterocycles. The molecule has 0 spiro atoms. The van der Waals surface area contributed by atoms with Crippen LogP contribution in [0.4, 0.5) is 0 Å². The Bertz CT molecular complexity index is 207. The lowest BCUT2D eigenvalue weighted by Gasteiger charge is -2.40. The average Bonchev–Trinajstić information content (AvgIpc) is 2.26. The van der Waals surface area contributed by atoms with Gasteiger partial charge in [-0.25, -0.2) is 0 Å². The fourth-order valence-electron chi connectivity index (χ4n) is 2.49. The first-order valence-corrected chi connectivity index (χ1v) is 5.65. The fraction of sp³-hybridized carbons (Fsp3) is 0.833. The zero-order valence-corrected chi connectivity index (χ0v) is 9.18. The molecule has 0 bridgehead atoms.